The topological polar surface area (TPSA) is 61.4 Å². The number of hydrogen-bond acceptors (Lipinski definition) is 3. The molecule has 2 unspecified atom stereocenters. The van der Waals surface area contributed by atoms with Crippen LogP contribution in [0.2, 0.25) is 0 Å². The minimum Gasteiger partial charge on any atom is -0.396 e. The summed E-state index contributed by atoms with van der Waals surface area (Å²) in [7, 11) is 0. The first kappa shape index (κ1) is 14.4. The predicted molar refractivity (Wildman–Crippen MR) is 61.6 cm³/mol. The summed E-state index contributed by atoms with van der Waals surface area (Å²) >= 11 is 0. The summed E-state index contributed by atoms with van der Waals surface area (Å²) < 4.78 is 0. The van der Waals surface area contributed by atoms with Crippen LogP contribution in [-0.2, 0) is 4.79 Å². The van der Waals surface area contributed by atoms with Gasteiger partial charge in [-0.1, -0.05) is 13.8 Å². The molecule has 0 bridgehead atoms. The minimum atomic E-state index is 0.0422. The molecule has 0 aromatic heterocycles. The number of aliphatic hydroxyl groups excluding tert-OH is 1. The van der Waals surface area contributed by atoms with Crippen LogP contribution in [0.1, 0.15) is 33.6 Å². The maximum Gasteiger partial charge on any atom is 0.234 e. The van der Waals surface area contributed by atoms with Gasteiger partial charge in [0.15, 0.2) is 0 Å². The average Bonchev–Trinajstić information content (AvgIpc) is 2.18. The quantitative estimate of drug-likeness (QED) is 0.554. The third kappa shape index (κ3) is 8.39. The first-order chi connectivity index (χ1) is 7.10. The number of hydrogen-bond donors (Lipinski definition) is 3. The van der Waals surface area contributed by atoms with Gasteiger partial charge < -0.3 is 15.7 Å². The zero-order valence-electron chi connectivity index (χ0n) is 10.0. The second kappa shape index (κ2) is 8.68. The zero-order chi connectivity index (χ0) is 11.7. The molecule has 0 saturated heterocycles. The van der Waals surface area contributed by atoms with E-state index < -0.39 is 0 Å². The van der Waals surface area contributed by atoms with Crippen molar-refractivity contribution in [1.29, 1.82) is 0 Å². The summed E-state index contributed by atoms with van der Waals surface area (Å²) in [5.74, 6) is 0.451. The average molecular weight is 216 g/mol. The van der Waals surface area contributed by atoms with Crippen LogP contribution in [0.4, 0.5) is 0 Å². The molecule has 0 aromatic rings. The molecule has 90 valence electrons. The van der Waals surface area contributed by atoms with E-state index in [2.05, 4.69) is 17.6 Å². The van der Waals surface area contributed by atoms with Crippen LogP contribution in [-0.4, -0.2) is 36.8 Å². The standard InChI is InChI=1S/C11H24N2O2/c1-4-10(3)13-11(15)8-12-7-9(2)5-6-14/h9-10,12,14H,4-8H2,1-3H3,(H,13,15). The van der Waals surface area contributed by atoms with Crippen LogP contribution < -0.4 is 10.6 Å². The SMILES string of the molecule is CCC(C)NC(=O)CNCC(C)CCO. The Labute approximate surface area is 92.4 Å². The highest BCUT2D eigenvalue weighted by Gasteiger charge is 2.06. The van der Waals surface area contributed by atoms with Crippen molar-refractivity contribution in [2.75, 3.05) is 19.7 Å². The lowest BCUT2D eigenvalue weighted by Gasteiger charge is -2.13. The van der Waals surface area contributed by atoms with Gasteiger partial charge in [0.05, 0.1) is 6.54 Å². The van der Waals surface area contributed by atoms with E-state index in [1.54, 1.807) is 0 Å². The van der Waals surface area contributed by atoms with Gasteiger partial charge in [0.1, 0.15) is 0 Å². The number of nitrogens with one attached hydrogen (secondary N) is 2. The van der Waals surface area contributed by atoms with Crippen molar-refractivity contribution in [3.63, 3.8) is 0 Å². The molecule has 0 rings (SSSR count). The van der Waals surface area contributed by atoms with Crippen LogP contribution in [0.5, 0.6) is 0 Å². The predicted octanol–water partition coefficient (Wildman–Crippen LogP) is 0.509. The lowest BCUT2D eigenvalue weighted by molar-refractivity contribution is -0.120. The summed E-state index contributed by atoms with van der Waals surface area (Å²) in [6.45, 7) is 7.43. The van der Waals surface area contributed by atoms with Crippen LogP contribution in [0.3, 0.4) is 0 Å². The van der Waals surface area contributed by atoms with Crippen LogP contribution in [0.15, 0.2) is 0 Å². The van der Waals surface area contributed by atoms with Crippen molar-refractivity contribution in [3.8, 4) is 0 Å². The number of carbonyl (C=O) groups excluding carboxylic acids is 1. The van der Waals surface area contributed by atoms with Gasteiger partial charge in [-0.05, 0) is 32.2 Å². The lowest BCUT2D eigenvalue weighted by Crippen LogP contribution is -2.39. The fourth-order valence-corrected chi connectivity index (χ4v) is 1.18. The van der Waals surface area contributed by atoms with Gasteiger partial charge >= 0.3 is 0 Å². The second-order valence-electron chi connectivity index (χ2n) is 4.13. The fourth-order valence-electron chi connectivity index (χ4n) is 1.18. The summed E-state index contributed by atoms with van der Waals surface area (Å²) in [5, 5.41) is 14.6. The smallest absolute Gasteiger partial charge is 0.234 e. The van der Waals surface area contributed by atoms with Gasteiger partial charge in [0.25, 0.3) is 0 Å². The molecule has 0 heterocycles. The Bertz CT molecular complexity index is 174. The van der Waals surface area contributed by atoms with Crippen molar-refractivity contribution in [2.24, 2.45) is 5.92 Å². The van der Waals surface area contributed by atoms with Crippen molar-refractivity contribution >= 4 is 5.91 Å². The van der Waals surface area contributed by atoms with Gasteiger partial charge in [-0.2, -0.15) is 0 Å². The normalized spacial score (nSPS) is 14.7. The third-order valence-corrected chi connectivity index (χ3v) is 2.42. The first-order valence-corrected chi connectivity index (χ1v) is 5.71. The Hall–Kier alpha value is -0.610. The van der Waals surface area contributed by atoms with E-state index in [0.717, 1.165) is 19.4 Å². The molecular weight excluding hydrogens is 192 g/mol. The van der Waals surface area contributed by atoms with E-state index >= 15 is 0 Å². The molecule has 4 nitrogen and oxygen atoms in total. The van der Waals surface area contributed by atoms with E-state index in [4.69, 9.17) is 5.11 Å². The van der Waals surface area contributed by atoms with Crippen molar-refractivity contribution in [3.05, 3.63) is 0 Å². The Kier molecular flexibility index (Phi) is 8.33. The van der Waals surface area contributed by atoms with Gasteiger partial charge in [0.2, 0.25) is 5.91 Å². The van der Waals surface area contributed by atoms with Gasteiger partial charge in [0, 0.05) is 12.6 Å². The van der Waals surface area contributed by atoms with Crippen LogP contribution in [0.25, 0.3) is 0 Å². The highest BCUT2D eigenvalue weighted by molar-refractivity contribution is 5.78. The summed E-state index contributed by atoms with van der Waals surface area (Å²) in [5.41, 5.74) is 0. The highest BCUT2D eigenvalue weighted by atomic mass is 16.3. The molecule has 0 radical (unpaired) electrons. The molecule has 2 atom stereocenters. The number of carbonyl (C=O) groups is 1. The molecule has 4 heteroatoms. The van der Waals surface area contributed by atoms with Crippen LogP contribution >= 0.6 is 0 Å². The first-order valence-electron chi connectivity index (χ1n) is 5.71. The molecule has 0 aliphatic heterocycles. The number of aliphatic hydroxyl groups is 1. The Morgan fingerprint density at radius 1 is 1.40 bits per heavy atom. The fraction of sp³-hybridized carbons (Fsp3) is 0.909. The molecule has 0 fully saturated rings. The molecular formula is C11H24N2O2. The molecule has 0 aromatic carbocycles. The molecule has 1 amide bonds. The summed E-state index contributed by atoms with van der Waals surface area (Å²) in [6, 6.07) is 0.245. The summed E-state index contributed by atoms with van der Waals surface area (Å²) in [4.78, 5) is 11.3. The van der Waals surface area contributed by atoms with E-state index in [-0.39, 0.29) is 18.6 Å². The lowest BCUT2D eigenvalue weighted by atomic mass is 10.1. The highest BCUT2D eigenvalue weighted by Crippen LogP contribution is 1.97. The maximum absolute atomic E-state index is 11.3. The summed E-state index contributed by atoms with van der Waals surface area (Å²) in [6.07, 6.45) is 1.73. The largest absolute Gasteiger partial charge is 0.396 e. The Balaban J connectivity index is 3.46. The van der Waals surface area contributed by atoms with Gasteiger partial charge in [-0.15, -0.1) is 0 Å². The van der Waals surface area contributed by atoms with Crippen molar-refractivity contribution in [1.82, 2.24) is 10.6 Å². The van der Waals surface area contributed by atoms with Crippen molar-refractivity contribution < 1.29 is 9.90 Å². The molecule has 3 N–H and O–H groups in total. The van der Waals surface area contributed by atoms with Crippen LogP contribution in [0, 0.1) is 5.92 Å². The van der Waals surface area contributed by atoms with E-state index in [1.807, 2.05) is 13.8 Å². The minimum absolute atomic E-state index is 0.0422. The van der Waals surface area contributed by atoms with E-state index in [0.29, 0.717) is 12.5 Å². The second-order valence-corrected chi connectivity index (χ2v) is 4.13. The number of amides is 1. The molecule has 0 aliphatic rings. The van der Waals surface area contributed by atoms with Gasteiger partial charge in [-0.3, -0.25) is 4.79 Å². The Morgan fingerprint density at radius 3 is 2.60 bits per heavy atom. The van der Waals surface area contributed by atoms with E-state index in [9.17, 15) is 4.79 Å². The number of rotatable bonds is 8. The maximum atomic E-state index is 11.3. The molecule has 0 spiro atoms. The third-order valence-electron chi connectivity index (χ3n) is 2.42. The molecule has 0 saturated carbocycles. The molecule has 15 heavy (non-hydrogen) atoms. The molecule has 0 aliphatic carbocycles. The van der Waals surface area contributed by atoms with Crippen molar-refractivity contribution in [2.45, 2.75) is 39.7 Å². The Morgan fingerprint density at radius 2 is 2.07 bits per heavy atom. The zero-order valence-corrected chi connectivity index (χ0v) is 10.0. The van der Waals surface area contributed by atoms with Gasteiger partial charge in [-0.25, -0.2) is 0 Å². The monoisotopic (exact) mass is 216 g/mol. The van der Waals surface area contributed by atoms with E-state index in [1.165, 1.54) is 0 Å².